The summed E-state index contributed by atoms with van der Waals surface area (Å²) in [5.74, 6) is 4.80. The Morgan fingerprint density at radius 1 is 1.47 bits per heavy atom. The molecule has 0 aliphatic carbocycles. The second kappa shape index (κ2) is 5.57. The van der Waals surface area contributed by atoms with Crippen LogP contribution in [-0.2, 0) is 11.2 Å². The molecule has 0 spiro atoms. The molecule has 3 heteroatoms. The number of carbonyl (C=O) groups is 1. The molecule has 0 atom stereocenters. The molecule has 0 aliphatic heterocycles. The van der Waals surface area contributed by atoms with E-state index in [4.69, 9.17) is 5.26 Å². The first kappa shape index (κ1) is 10.9. The number of aldehydes is 1. The van der Waals surface area contributed by atoms with Crippen molar-refractivity contribution in [1.82, 2.24) is 0 Å². The fourth-order valence-corrected chi connectivity index (χ4v) is 1.05. The number of hydrogen-bond acceptors (Lipinski definition) is 2. The molecule has 0 saturated carbocycles. The van der Waals surface area contributed by atoms with Crippen LogP contribution in [0.2, 0.25) is 0 Å². The van der Waals surface area contributed by atoms with E-state index in [1.807, 2.05) is 6.07 Å². The van der Waals surface area contributed by atoms with Crippen molar-refractivity contribution in [1.29, 1.82) is 5.26 Å². The van der Waals surface area contributed by atoms with Gasteiger partial charge in [0.2, 0.25) is 0 Å². The van der Waals surface area contributed by atoms with Crippen LogP contribution >= 0.6 is 0 Å². The zero-order valence-corrected chi connectivity index (χ0v) is 7.96. The number of hydrogen-bond donors (Lipinski definition) is 0. The molecular formula is C12H8FNO. The van der Waals surface area contributed by atoms with E-state index in [1.54, 1.807) is 6.07 Å². The number of rotatable bonds is 2. The van der Waals surface area contributed by atoms with Crippen molar-refractivity contribution < 1.29 is 9.18 Å². The van der Waals surface area contributed by atoms with Gasteiger partial charge in [-0.25, -0.2) is 4.39 Å². The van der Waals surface area contributed by atoms with E-state index in [-0.39, 0.29) is 12.8 Å². The normalized spacial score (nSPS) is 8.53. The monoisotopic (exact) mass is 201 g/mol. The van der Waals surface area contributed by atoms with Gasteiger partial charge in [-0.1, -0.05) is 17.9 Å². The van der Waals surface area contributed by atoms with E-state index < -0.39 is 5.82 Å². The SMILES string of the molecule is N#CCc1ccc(C#CCC=O)cc1F. The minimum Gasteiger partial charge on any atom is -0.302 e. The smallest absolute Gasteiger partial charge is 0.131 e. The summed E-state index contributed by atoms with van der Waals surface area (Å²) >= 11 is 0. The van der Waals surface area contributed by atoms with E-state index in [1.165, 1.54) is 12.1 Å². The lowest BCUT2D eigenvalue weighted by Gasteiger charge is -1.97. The highest BCUT2D eigenvalue weighted by Gasteiger charge is 2.01. The van der Waals surface area contributed by atoms with Gasteiger partial charge in [0.15, 0.2) is 0 Å². The highest BCUT2D eigenvalue weighted by molar-refractivity contribution is 5.55. The molecule has 1 aromatic carbocycles. The summed E-state index contributed by atoms with van der Waals surface area (Å²) in [5, 5.41) is 8.40. The Morgan fingerprint density at radius 2 is 2.27 bits per heavy atom. The number of nitriles is 1. The second-order valence-electron chi connectivity index (χ2n) is 2.81. The van der Waals surface area contributed by atoms with Gasteiger partial charge < -0.3 is 4.79 Å². The molecule has 0 saturated heterocycles. The maximum atomic E-state index is 13.3. The van der Waals surface area contributed by atoms with Crippen molar-refractivity contribution in [2.75, 3.05) is 0 Å². The average molecular weight is 201 g/mol. The van der Waals surface area contributed by atoms with E-state index in [2.05, 4.69) is 11.8 Å². The van der Waals surface area contributed by atoms with Crippen LogP contribution in [0.5, 0.6) is 0 Å². The molecule has 0 heterocycles. The van der Waals surface area contributed by atoms with Gasteiger partial charge in [0.05, 0.1) is 18.9 Å². The summed E-state index contributed by atoms with van der Waals surface area (Å²) in [5.41, 5.74) is 0.870. The van der Waals surface area contributed by atoms with Crippen molar-refractivity contribution >= 4 is 6.29 Å². The van der Waals surface area contributed by atoms with Crippen LogP contribution in [0.4, 0.5) is 4.39 Å². The lowest BCUT2D eigenvalue weighted by Crippen LogP contribution is -1.89. The third kappa shape index (κ3) is 3.25. The van der Waals surface area contributed by atoms with Crippen molar-refractivity contribution in [2.24, 2.45) is 0 Å². The molecule has 0 aromatic heterocycles. The molecule has 15 heavy (non-hydrogen) atoms. The molecule has 0 radical (unpaired) electrons. The van der Waals surface area contributed by atoms with E-state index in [0.717, 1.165) is 0 Å². The van der Waals surface area contributed by atoms with Crippen LogP contribution < -0.4 is 0 Å². The van der Waals surface area contributed by atoms with Crippen molar-refractivity contribution in [3.8, 4) is 17.9 Å². The van der Waals surface area contributed by atoms with E-state index >= 15 is 0 Å². The fraction of sp³-hybridized carbons (Fsp3) is 0.167. The lowest BCUT2D eigenvalue weighted by molar-refractivity contribution is -0.107. The first-order chi connectivity index (χ1) is 7.27. The van der Waals surface area contributed by atoms with Gasteiger partial charge in [-0.15, -0.1) is 0 Å². The Kier molecular flexibility index (Phi) is 4.06. The molecule has 1 aromatic rings. The second-order valence-corrected chi connectivity index (χ2v) is 2.81. The summed E-state index contributed by atoms with van der Waals surface area (Å²) < 4.78 is 13.3. The molecule has 0 aliphatic rings. The molecular weight excluding hydrogens is 193 g/mol. The van der Waals surface area contributed by atoms with Crippen LogP contribution in [-0.4, -0.2) is 6.29 Å². The zero-order chi connectivity index (χ0) is 11.1. The molecule has 0 bridgehead atoms. The summed E-state index contributed by atoms with van der Waals surface area (Å²) in [7, 11) is 0. The number of carbonyl (C=O) groups excluding carboxylic acids is 1. The quantitative estimate of drug-likeness (QED) is 0.541. The van der Waals surface area contributed by atoms with Gasteiger partial charge in [0, 0.05) is 11.1 Å². The zero-order valence-electron chi connectivity index (χ0n) is 7.96. The third-order valence-corrected chi connectivity index (χ3v) is 1.74. The van der Waals surface area contributed by atoms with Crippen LogP contribution in [0.15, 0.2) is 18.2 Å². The minimum absolute atomic E-state index is 0.0495. The lowest BCUT2D eigenvalue weighted by atomic mass is 10.1. The van der Waals surface area contributed by atoms with Crippen molar-refractivity contribution in [2.45, 2.75) is 12.8 Å². The first-order valence-corrected chi connectivity index (χ1v) is 4.36. The predicted octanol–water partition coefficient (Wildman–Crippen LogP) is 1.83. The number of halogens is 1. The van der Waals surface area contributed by atoms with Gasteiger partial charge in [-0.05, 0) is 12.1 Å². The number of nitrogens with zero attached hydrogens (tertiary/aromatic N) is 1. The Hall–Kier alpha value is -2.13. The highest BCUT2D eigenvalue weighted by Crippen LogP contribution is 2.10. The summed E-state index contributed by atoms with van der Waals surface area (Å²) in [4.78, 5) is 9.99. The van der Waals surface area contributed by atoms with Crippen molar-refractivity contribution in [3.05, 3.63) is 35.1 Å². The molecule has 74 valence electrons. The van der Waals surface area contributed by atoms with E-state index in [0.29, 0.717) is 17.4 Å². The van der Waals surface area contributed by atoms with Crippen LogP contribution in [0, 0.1) is 29.0 Å². The highest BCUT2D eigenvalue weighted by atomic mass is 19.1. The minimum atomic E-state index is -0.436. The van der Waals surface area contributed by atoms with Gasteiger partial charge in [0.25, 0.3) is 0 Å². The van der Waals surface area contributed by atoms with Gasteiger partial charge in [-0.3, -0.25) is 0 Å². The van der Waals surface area contributed by atoms with E-state index in [9.17, 15) is 9.18 Å². The Morgan fingerprint density at radius 3 is 2.87 bits per heavy atom. The first-order valence-electron chi connectivity index (χ1n) is 4.36. The molecule has 0 fully saturated rings. The Labute approximate surface area is 87.3 Å². The summed E-state index contributed by atoms with van der Waals surface area (Å²) in [6, 6.07) is 6.31. The van der Waals surface area contributed by atoms with Gasteiger partial charge in [0.1, 0.15) is 12.1 Å². The van der Waals surface area contributed by atoms with Crippen molar-refractivity contribution in [3.63, 3.8) is 0 Å². The fourth-order valence-electron chi connectivity index (χ4n) is 1.05. The van der Waals surface area contributed by atoms with Crippen LogP contribution in [0.3, 0.4) is 0 Å². The largest absolute Gasteiger partial charge is 0.302 e. The summed E-state index contributed by atoms with van der Waals surface area (Å²) in [6.45, 7) is 0. The Bertz CT molecular complexity index is 463. The molecule has 2 nitrogen and oxygen atoms in total. The van der Waals surface area contributed by atoms with Crippen LogP contribution in [0.25, 0.3) is 0 Å². The topological polar surface area (TPSA) is 40.9 Å². The summed E-state index contributed by atoms with van der Waals surface area (Å²) in [6.07, 6.45) is 0.878. The Balaban J connectivity index is 2.88. The number of benzene rings is 1. The van der Waals surface area contributed by atoms with Gasteiger partial charge >= 0.3 is 0 Å². The molecule has 0 amide bonds. The standard InChI is InChI=1S/C12H8FNO/c13-12-9-10(3-1-2-8-15)4-5-11(12)6-7-14/h4-5,8-9H,2,6H2. The maximum Gasteiger partial charge on any atom is 0.131 e. The average Bonchev–Trinajstić information content (AvgIpc) is 2.23. The van der Waals surface area contributed by atoms with Gasteiger partial charge in [-0.2, -0.15) is 5.26 Å². The molecule has 1 rings (SSSR count). The molecule has 0 N–H and O–H groups in total. The maximum absolute atomic E-state index is 13.3. The predicted molar refractivity (Wildman–Crippen MR) is 53.3 cm³/mol. The third-order valence-electron chi connectivity index (χ3n) is 1.74. The molecule has 0 unspecified atom stereocenters. The van der Waals surface area contributed by atoms with Crippen LogP contribution in [0.1, 0.15) is 17.5 Å².